The van der Waals surface area contributed by atoms with Gasteiger partial charge in [0, 0.05) is 67.7 Å². The fourth-order valence-electron chi connectivity index (χ4n) is 11.5. The predicted octanol–water partition coefficient (Wildman–Crippen LogP) is 14.3. The zero-order valence-electron chi connectivity index (χ0n) is 58.8. The van der Waals surface area contributed by atoms with Gasteiger partial charge in [-0.15, -0.1) is 0 Å². The first-order valence-corrected chi connectivity index (χ1v) is 34.7. The number of ether oxygens (including phenoxy) is 11. The Morgan fingerprint density at radius 1 is 0.320 bits per heavy atom. The highest BCUT2D eigenvalue weighted by Gasteiger charge is 2.26. The second kappa shape index (κ2) is 45.0. The molecule has 0 saturated carbocycles. The molecule has 0 atom stereocenters. The minimum absolute atomic E-state index is 0.0141. The van der Waals surface area contributed by atoms with Crippen molar-refractivity contribution in [1.29, 1.82) is 0 Å². The Morgan fingerprint density at radius 3 is 0.742 bits per heavy atom. The third kappa shape index (κ3) is 28.9. The molecule has 18 heteroatoms. The standard InChI is InChI=1S/C79H104O18/c1-10-14-18-22-26-57-44-61-52-63-46-58(27-23-19-15-11-2)48-65(76(63)94-40-37-91-73(84)34-31-70(81)88-8)54-67-50-60(29-25-21-17-13-4)51-68(78(67)96-42-43-97-79(86)56(5)6)55-66-49-59(28-24-20-16-12-3)47-64(77(66)95-41-38-92-74(85)35-32-71(82)89-9)53-62(45-57)75(61)93-39-36-90-72(83)33-30-69(80)87-7/h30-35,44-51H,5,10-29,36-43,52-55H2,1-4,6-9H3/b33-30-,34-31-,35-32-. The lowest BCUT2D eigenvalue weighted by atomic mass is 9.87. The number of methoxy groups -OCH3 is 3. The van der Waals surface area contributed by atoms with Gasteiger partial charge in [-0.1, -0.05) is 160 Å². The van der Waals surface area contributed by atoms with Crippen LogP contribution in [0.5, 0.6) is 23.0 Å². The van der Waals surface area contributed by atoms with Crippen LogP contribution >= 0.6 is 0 Å². The molecule has 0 spiro atoms. The molecule has 0 amide bonds. The molecule has 97 heavy (non-hydrogen) atoms. The molecule has 0 aromatic heterocycles. The first-order valence-electron chi connectivity index (χ1n) is 34.7. The van der Waals surface area contributed by atoms with E-state index in [1.807, 2.05) is 0 Å². The summed E-state index contributed by atoms with van der Waals surface area (Å²) in [5, 5.41) is 0. The van der Waals surface area contributed by atoms with Gasteiger partial charge in [0.25, 0.3) is 0 Å². The van der Waals surface area contributed by atoms with Gasteiger partial charge >= 0.3 is 41.8 Å². The summed E-state index contributed by atoms with van der Waals surface area (Å²) in [6.45, 7) is 13.4. The summed E-state index contributed by atoms with van der Waals surface area (Å²) in [4.78, 5) is 87.6. The van der Waals surface area contributed by atoms with Crippen LogP contribution in [0.2, 0.25) is 0 Å². The van der Waals surface area contributed by atoms with Crippen molar-refractivity contribution in [3.63, 3.8) is 0 Å². The molecule has 0 fully saturated rings. The average Bonchev–Trinajstić information content (AvgIpc) is 0.778. The number of unbranched alkanes of at least 4 members (excludes halogenated alkanes) is 12. The van der Waals surface area contributed by atoms with E-state index in [0.29, 0.717) is 48.7 Å². The molecule has 528 valence electrons. The SMILES string of the molecule is C=C(C)C(=O)OCCOc1c2cc(CCCCCC)cc1Cc1cc(CCCCCC)cc(c1OCCOC(=O)/C=C\C(=O)OC)Cc1cc(CCCCCC)cc(c1OCCOC(=O)/C=C\C(=O)OC)Cc1cc(CCCCCC)cc(c1OCCOC(=O)/C=C\C(=O)OC)C2. The van der Waals surface area contributed by atoms with Crippen LogP contribution in [0.1, 0.15) is 204 Å². The number of hydrogen-bond donors (Lipinski definition) is 0. The van der Waals surface area contributed by atoms with Crippen molar-refractivity contribution in [3.8, 4) is 23.0 Å². The van der Waals surface area contributed by atoms with Crippen LogP contribution in [-0.2, 0) is 118 Å². The van der Waals surface area contributed by atoms with Crippen LogP contribution in [0.4, 0.5) is 0 Å². The highest BCUT2D eigenvalue weighted by Crippen LogP contribution is 2.42. The van der Waals surface area contributed by atoms with Gasteiger partial charge in [0.05, 0.1) is 21.3 Å². The van der Waals surface area contributed by atoms with E-state index in [2.05, 4.69) is 82.8 Å². The van der Waals surface area contributed by atoms with E-state index in [1.54, 1.807) is 6.92 Å². The van der Waals surface area contributed by atoms with Gasteiger partial charge in [-0.05, 0) is 125 Å². The summed E-state index contributed by atoms with van der Waals surface area (Å²) >= 11 is 0. The Balaban J connectivity index is 1.93. The Hall–Kier alpha value is -8.67. The van der Waals surface area contributed by atoms with Crippen molar-refractivity contribution in [1.82, 2.24) is 0 Å². The minimum atomic E-state index is -0.753. The highest BCUT2D eigenvalue weighted by molar-refractivity contribution is 5.93. The lowest BCUT2D eigenvalue weighted by Crippen LogP contribution is -2.16. The van der Waals surface area contributed by atoms with Crippen molar-refractivity contribution >= 4 is 41.8 Å². The zero-order valence-corrected chi connectivity index (χ0v) is 58.8. The maximum atomic E-state index is 13.0. The zero-order chi connectivity index (χ0) is 70.2. The maximum absolute atomic E-state index is 13.0. The number of carbonyl (C=O) groups is 7. The van der Waals surface area contributed by atoms with Gasteiger partial charge in [0.2, 0.25) is 0 Å². The summed E-state index contributed by atoms with van der Waals surface area (Å²) in [5.41, 5.74) is 11.4. The fraction of sp³-hybridized carbons (Fsp3) is 0.506. The number of rotatable bonds is 43. The lowest BCUT2D eigenvalue weighted by Gasteiger charge is -2.25. The molecule has 5 rings (SSSR count). The summed E-state index contributed by atoms with van der Waals surface area (Å²) in [5.74, 6) is -2.58. The number of aryl methyl sites for hydroxylation is 4. The fourth-order valence-corrected chi connectivity index (χ4v) is 11.5. The minimum Gasteiger partial charge on any atom is -0.489 e. The molecule has 0 aliphatic heterocycles. The highest BCUT2D eigenvalue weighted by atomic mass is 16.6. The normalized spacial score (nSPS) is 11.9. The molecule has 0 N–H and O–H groups in total. The van der Waals surface area contributed by atoms with Crippen molar-refractivity contribution in [2.24, 2.45) is 0 Å². The molecule has 1 aliphatic carbocycles. The van der Waals surface area contributed by atoms with E-state index in [0.717, 1.165) is 232 Å². The number of esters is 7. The van der Waals surface area contributed by atoms with Crippen molar-refractivity contribution in [2.75, 3.05) is 74.2 Å². The van der Waals surface area contributed by atoms with Crippen LogP contribution in [0, 0.1) is 0 Å². The summed E-state index contributed by atoms with van der Waals surface area (Å²) < 4.78 is 64.5. The second-order valence-corrected chi connectivity index (χ2v) is 24.3. The summed E-state index contributed by atoms with van der Waals surface area (Å²) in [6.07, 6.45) is 26.8. The quantitative estimate of drug-likeness (QED) is 0.0153. The molecule has 0 unspecified atom stereocenters. The van der Waals surface area contributed by atoms with Gasteiger partial charge < -0.3 is 52.1 Å². The van der Waals surface area contributed by atoms with Gasteiger partial charge in [-0.25, -0.2) is 33.6 Å². The maximum Gasteiger partial charge on any atom is 0.333 e. The third-order valence-electron chi connectivity index (χ3n) is 16.3. The second-order valence-electron chi connectivity index (χ2n) is 24.3. The molecule has 1 aliphatic rings. The molecule has 0 heterocycles. The Labute approximate surface area is 574 Å². The van der Waals surface area contributed by atoms with Crippen LogP contribution < -0.4 is 18.9 Å². The van der Waals surface area contributed by atoms with E-state index >= 15 is 0 Å². The molecular formula is C79H104O18. The van der Waals surface area contributed by atoms with Crippen molar-refractivity contribution in [3.05, 3.63) is 164 Å². The van der Waals surface area contributed by atoms with Gasteiger partial charge in [-0.3, -0.25) is 0 Å². The van der Waals surface area contributed by atoms with Gasteiger partial charge in [0.1, 0.15) is 75.9 Å². The third-order valence-corrected chi connectivity index (χ3v) is 16.3. The first kappa shape index (κ1) is 79.0. The molecule has 8 bridgehead atoms. The topological polar surface area (TPSA) is 221 Å². The molecular weight excluding hydrogens is 1240 g/mol. The first-order chi connectivity index (χ1) is 47.0. The summed E-state index contributed by atoms with van der Waals surface area (Å²) in [6, 6.07) is 17.6. The molecule has 4 aromatic rings. The Kier molecular flexibility index (Phi) is 36.6. The van der Waals surface area contributed by atoms with Crippen LogP contribution in [-0.4, -0.2) is 116 Å². The van der Waals surface area contributed by atoms with Crippen LogP contribution in [0.3, 0.4) is 0 Å². The van der Waals surface area contributed by atoms with Crippen LogP contribution in [0.15, 0.2) is 97.1 Å². The molecule has 18 nitrogen and oxygen atoms in total. The largest absolute Gasteiger partial charge is 0.489 e. The van der Waals surface area contributed by atoms with Crippen molar-refractivity contribution in [2.45, 2.75) is 189 Å². The lowest BCUT2D eigenvalue weighted by molar-refractivity contribution is -0.140. The van der Waals surface area contributed by atoms with E-state index < -0.39 is 41.8 Å². The van der Waals surface area contributed by atoms with E-state index in [4.69, 9.17) is 52.1 Å². The summed E-state index contributed by atoms with van der Waals surface area (Å²) in [7, 11) is 3.66. The number of hydrogen-bond acceptors (Lipinski definition) is 18. The van der Waals surface area contributed by atoms with Crippen LogP contribution in [0.25, 0.3) is 0 Å². The monoisotopic (exact) mass is 1340 g/mol. The smallest absolute Gasteiger partial charge is 0.333 e. The molecule has 0 radical (unpaired) electrons. The van der Waals surface area contributed by atoms with Crippen molar-refractivity contribution < 1.29 is 85.7 Å². The molecule has 4 aromatic carbocycles. The Bertz CT molecular complexity index is 3150. The number of benzene rings is 4. The van der Waals surface area contributed by atoms with Gasteiger partial charge in [0.15, 0.2) is 0 Å². The predicted molar refractivity (Wildman–Crippen MR) is 372 cm³/mol. The van der Waals surface area contributed by atoms with Gasteiger partial charge in [-0.2, -0.15) is 0 Å². The van der Waals surface area contributed by atoms with E-state index in [1.165, 1.54) is 21.3 Å². The molecule has 0 saturated heterocycles. The number of fused-ring (bicyclic) bond motifs is 8. The van der Waals surface area contributed by atoms with E-state index in [-0.39, 0.29) is 58.4 Å². The number of carbonyl (C=O) groups excluding carboxylic acids is 7. The van der Waals surface area contributed by atoms with E-state index in [9.17, 15) is 33.6 Å². The Morgan fingerprint density at radius 2 is 0.536 bits per heavy atom. The average molecular weight is 1340 g/mol.